The minimum atomic E-state index is -0.304. The lowest BCUT2D eigenvalue weighted by molar-refractivity contribution is -0.116. The Balaban J connectivity index is 1.48. The Hall–Kier alpha value is -1.98. The van der Waals surface area contributed by atoms with Crippen LogP contribution in [-0.2, 0) is 11.2 Å². The van der Waals surface area contributed by atoms with Gasteiger partial charge >= 0.3 is 0 Å². The first-order chi connectivity index (χ1) is 13.1. The van der Waals surface area contributed by atoms with E-state index in [4.69, 9.17) is 0 Å². The van der Waals surface area contributed by atoms with Gasteiger partial charge in [-0.05, 0) is 49.6 Å². The number of thioether (sulfide) groups is 1. The molecule has 1 atom stereocenters. The van der Waals surface area contributed by atoms with Gasteiger partial charge < -0.3 is 15.5 Å². The van der Waals surface area contributed by atoms with Crippen LogP contribution >= 0.6 is 11.8 Å². The Bertz CT molecular complexity index is 741. The van der Waals surface area contributed by atoms with Gasteiger partial charge in [0.2, 0.25) is 5.91 Å². The van der Waals surface area contributed by atoms with Crippen LogP contribution in [-0.4, -0.2) is 48.0 Å². The van der Waals surface area contributed by atoms with Crippen molar-refractivity contribution in [2.24, 2.45) is 0 Å². The van der Waals surface area contributed by atoms with Crippen molar-refractivity contribution >= 4 is 29.0 Å². The third kappa shape index (κ3) is 6.01. The lowest BCUT2D eigenvalue weighted by Crippen LogP contribution is -2.34. The second-order valence-corrected chi connectivity index (χ2v) is 8.30. The molecule has 144 valence electrons. The van der Waals surface area contributed by atoms with Crippen LogP contribution in [0.25, 0.3) is 0 Å². The van der Waals surface area contributed by atoms with Crippen LogP contribution in [0.2, 0.25) is 0 Å². The highest BCUT2D eigenvalue weighted by Crippen LogP contribution is 2.16. The number of anilines is 2. The number of amides is 1. The van der Waals surface area contributed by atoms with Crippen molar-refractivity contribution < 1.29 is 4.79 Å². The molecule has 4 nitrogen and oxygen atoms in total. The molecule has 0 radical (unpaired) electrons. The molecule has 1 aliphatic heterocycles. The molecule has 5 heteroatoms. The first kappa shape index (κ1) is 19.8. The van der Waals surface area contributed by atoms with Gasteiger partial charge in [0.25, 0.3) is 0 Å². The molecule has 1 fully saturated rings. The van der Waals surface area contributed by atoms with Crippen molar-refractivity contribution in [2.75, 3.05) is 41.8 Å². The first-order valence-electron chi connectivity index (χ1n) is 9.64. The van der Waals surface area contributed by atoms with E-state index >= 15 is 0 Å². The van der Waals surface area contributed by atoms with Gasteiger partial charge in [-0.2, -0.15) is 11.8 Å². The van der Waals surface area contributed by atoms with Crippen LogP contribution in [0.1, 0.15) is 18.1 Å². The summed E-state index contributed by atoms with van der Waals surface area (Å²) in [7, 11) is 0. The smallest absolute Gasteiger partial charge is 0.246 e. The summed E-state index contributed by atoms with van der Waals surface area (Å²) in [4.78, 5) is 15.0. The first-order valence-corrected chi connectivity index (χ1v) is 10.8. The predicted molar refractivity (Wildman–Crippen MR) is 117 cm³/mol. The maximum atomic E-state index is 12.4. The topological polar surface area (TPSA) is 44.4 Å². The molecule has 3 rings (SSSR count). The van der Waals surface area contributed by atoms with Gasteiger partial charge in [-0.3, -0.25) is 4.79 Å². The van der Waals surface area contributed by atoms with E-state index in [0.717, 1.165) is 29.9 Å². The maximum absolute atomic E-state index is 12.4. The lowest BCUT2D eigenvalue weighted by atomic mass is 10.1. The molecule has 2 N–H and O–H groups in total. The summed E-state index contributed by atoms with van der Waals surface area (Å²) >= 11 is 2.05. The normalized spacial score (nSPS) is 15.9. The second-order valence-electron chi connectivity index (χ2n) is 7.07. The third-order valence-electron chi connectivity index (χ3n) is 4.95. The monoisotopic (exact) mass is 383 g/mol. The molecule has 1 saturated heterocycles. The largest absolute Gasteiger partial charge is 0.374 e. The number of hydrogen-bond donors (Lipinski definition) is 2. The number of carbonyl (C=O) groups excluding carboxylic acids is 1. The van der Waals surface area contributed by atoms with E-state index < -0.39 is 0 Å². The molecule has 2 aromatic rings. The molecule has 1 aliphatic rings. The Morgan fingerprint density at radius 3 is 2.52 bits per heavy atom. The van der Waals surface area contributed by atoms with E-state index in [-0.39, 0.29) is 11.9 Å². The molecule has 0 aromatic heterocycles. The number of carbonyl (C=O) groups is 1. The minimum Gasteiger partial charge on any atom is -0.374 e. The summed E-state index contributed by atoms with van der Waals surface area (Å²) < 4.78 is 0. The van der Waals surface area contributed by atoms with E-state index in [1.165, 1.54) is 30.2 Å². The fourth-order valence-electron chi connectivity index (χ4n) is 3.15. The van der Waals surface area contributed by atoms with E-state index in [1.54, 1.807) is 0 Å². The number of nitrogens with zero attached hydrogens (tertiary/aromatic N) is 1. The zero-order chi connectivity index (χ0) is 19.1. The van der Waals surface area contributed by atoms with Crippen LogP contribution < -0.4 is 10.6 Å². The van der Waals surface area contributed by atoms with Crippen molar-refractivity contribution in [3.8, 4) is 0 Å². The van der Waals surface area contributed by atoms with Gasteiger partial charge in [-0.15, -0.1) is 0 Å². The number of rotatable bonds is 7. The average Bonchev–Trinajstić information content (AvgIpc) is 2.70. The number of aryl methyl sites for hydroxylation is 1. The molecular formula is C22H29N3OS. The van der Waals surface area contributed by atoms with Crippen LogP contribution in [0.4, 0.5) is 11.4 Å². The summed E-state index contributed by atoms with van der Waals surface area (Å²) in [6.45, 7) is 7.42. The zero-order valence-corrected chi connectivity index (χ0v) is 17.0. The third-order valence-corrected chi connectivity index (χ3v) is 5.90. The number of hydrogen-bond acceptors (Lipinski definition) is 4. The van der Waals surface area contributed by atoms with Crippen LogP contribution in [0.15, 0.2) is 48.5 Å². The van der Waals surface area contributed by atoms with E-state index in [2.05, 4.69) is 39.8 Å². The molecule has 0 bridgehead atoms. The molecule has 0 saturated carbocycles. The van der Waals surface area contributed by atoms with Crippen molar-refractivity contribution in [3.63, 3.8) is 0 Å². The summed E-state index contributed by atoms with van der Waals surface area (Å²) in [5, 5.41) is 6.28. The van der Waals surface area contributed by atoms with Gasteiger partial charge in [0, 0.05) is 42.5 Å². The zero-order valence-electron chi connectivity index (χ0n) is 16.2. The molecule has 1 unspecified atom stereocenters. The molecule has 0 aliphatic carbocycles. The fraction of sp³-hybridized carbons (Fsp3) is 0.409. The molecule has 1 amide bonds. The molecular weight excluding hydrogens is 354 g/mol. The Labute approximate surface area is 166 Å². The maximum Gasteiger partial charge on any atom is 0.246 e. The standard InChI is InChI=1S/C22H29N3OS/c1-17-5-3-4-6-21(17)24-22(26)18(2)23-20-9-7-19(8-10-20)11-12-25-13-15-27-16-14-25/h3-10,18,23H,11-16H2,1-2H3,(H,24,26). The minimum absolute atomic E-state index is 0.0312. The SMILES string of the molecule is Cc1ccccc1NC(=O)C(C)Nc1ccc(CCN2CCSCC2)cc1. The fourth-order valence-corrected chi connectivity index (χ4v) is 4.13. The molecule has 0 spiro atoms. The highest BCUT2D eigenvalue weighted by molar-refractivity contribution is 7.99. The van der Waals surface area contributed by atoms with Crippen LogP contribution in [0.5, 0.6) is 0 Å². The van der Waals surface area contributed by atoms with E-state index in [9.17, 15) is 4.79 Å². The van der Waals surface area contributed by atoms with Crippen molar-refractivity contribution in [2.45, 2.75) is 26.3 Å². The van der Waals surface area contributed by atoms with Gasteiger partial charge in [0.15, 0.2) is 0 Å². The van der Waals surface area contributed by atoms with Gasteiger partial charge in [0.1, 0.15) is 6.04 Å². The van der Waals surface area contributed by atoms with Crippen molar-refractivity contribution in [3.05, 3.63) is 59.7 Å². The predicted octanol–water partition coefficient (Wildman–Crippen LogP) is 4.03. The van der Waals surface area contributed by atoms with Crippen molar-refractivity contribution in [1.82, 2.24) is 4.90 Å². The summed E-state index contributed by atoms with van der Waals surface area (Å²) in [5.74, 6) is 2.48. The summed E-state index contributed by atoms with van der Waals surface area (Å²) in [5.41, 5.74) is 4.24. The Morgan fingerprint density at radius 2 is 1.81 bits per heavy atom. The number of para-hydroxylation sites is 1. The highest BCUT2D eigenvalue weighted by Gasteiger charge is 2.14. The average molecular weight is 384 g/mol. The molecule has 27 heavy (non-hydrogen) atoms. The van der Waals surface area contributed by atoms with E-state index in [0.29, 0.717) is 0 Å². The van der Waals surface area contributed by atoms with Crippen LogP contribution in [0, 0.1) is 6.92 Å². The Kier molecular flexibility index (Phi) is 7.18. The second kappa shape index (κ2) is 9.81. The summed E-state index contributed by atoms with van der Waals surface area (Å²) in [6, 6.07) is 16.0. The molecule has 1 heterocycles. The van der Waals surface area contributed by atoms with E-state index in [1.807, 2.05) is 49.9 Å². The number of nitrogens with one attached hydrogen (secondary N) is 2. The summed E-state index contributed by atoms with van der Waals surface area (Å²) in [6.07, 6.45) is 1.08. The number of benzene rings is 2. The van der Waals surface area contributed by atoms with Crippen molar-refractivity contribution in [1.29, 1.82) is 0 Å². The Morgan fingerprint density at radius 1 is 1.11 bits per heavy atom. The van der Waals surface area contributed by atoms with Gasteiger partial charge in [0.05, 0.1) is 0 Å². The highest BCUT2D eigenvalue weighted by atomic mass is 32.2. The van der Waals surface area contributed by atoms with Gasteiger partial charge in [-0.1, -0.05) is 30.3 Å². The quantitative estimate of drug-likeness (QED) is 0.758. The molecule has 2 aromatic carbocycles. The van der Waals surface area contributed by atoms with Gasteiger partial charge in [-0.25, -0.2) is 0 Å². The lowest BCUT2D eigenvalue weighted by Gasteiger charge is -2.26. The van der Waals surface area contributed by atoms with Crippen LogP contribution in [0.3, 0.4) is 0 Å².